The zero-order valence-electron chi connectivity index (χ0n) is 9.85. The van der Waals surface area contributed by atoms with Gasteiger partial charge in [0.25, 0.3) is 0 Å². The summed E-state index contributed by atoms with van der Waals surface area (Å²) in [5.41, 5.74) is 2.45. The number of hydrogen-bond donors (Lipinski definition) is 1. The molecule has 1 N–H and O–H groups in total. The molecule has 0 amide bonds. The van der Waals surface area contributed by atoms with E-state index in [9.17, 15) is 0 Å². The Kier molecular flexibility index (Phi) is 3.41. The fraction of sp³-hybridized carbons (Fsp3) is 0.417. The molecule has 0 aliphatic heterocycles. The zero-order valence-corrected chi connectivity index (χ0v) is 9.85. The van der Waals surface area contributed by atoms with Crippen molar-refractivity contribution in [3.63, 3.8) is 0 Å². The van der Waals surface area contributed by atoms with Crippen LogP contribution in [0.25, 0.3) is 0 Å². The molecule has 2 rings (SSSR count). The molecule has 0 aliphatic carbocycles. The first-order valence-corrected chi connectivity index (χ1v) is 5.55. The average Bonchev–Trinajstić information content (AvgIpc) is 2.83. The van der Waals surface area contributed by atoms with Crippen LogP contribution in [0.3, 0.4) is 0 Å². The summed E-state index contributed by atoms with van der Waals surface area (Å²) in [6.45, 7) is 1.87. The number of nitrogens with zero attached hydrogens (tertiary/aromatic N) is 3. The lowest BCUT2D eigenvalue weighted by atomic mass is 10.3. The lowest BCUT2D eigenvalue weighted by Gasteiger charge is -2.04. The van der Waals surface area contributed by atoms with E-state index in [-0.39, 0.29) is 0 Å². The van der Waals surface area contributed by atoms with Gasteiger partial charge in [0.1, 0.15) is 0 Å². The van der Waals surface area contributed by atoms with Crippen molar-refractivity contribution < 1.29 is 0 Å². The highest BCUT2D eigenvalue weighted by atomic mass is 15.2. The first-order valence-electron chi connectivity index (χ1n) is 5.55. The van der Waals surface area contributed by atoms with Gasteiger partial charge in [0.2, 0.25) is 0 Å². The van der Waals surface area contributed by atoms with Crippen LogP contribution in [0.2, 0.25) is 0 Å². The predicted molar refractivity (Wildman–Crippen MR) is 64.0 cm³/mol. The monoisotopic (exact) mass is 218 g/mol. The third-order valence-corrected chi connectivity index (χ3v) is 2.68. The van der Waals surface area contributed by atoms with E-state index in [0.717, 1.165) is 25.2 Å². The van der Waals surface area contributed by atoms with Crippen LogP contribution in [-0.2, 0) is 27.1 Å². The Morgan fingerprint density at radius 3 is 2.75 bits per heavy atom. The molecule has 0 spiro atoms. The molecule has 0 unspecified atom stereocenters. The van der Waals surface area contributed by atoms with Crippen LogP contribution in [0, 0.1) is 0 Å². The minimum absolute atomic E-state index is 0.913. The van der Waals surface area contributed by atoms with Crippen LogP contribution in [-0.4, -0.2) is 20.9 Å². The molecule has 0 bridgehead atoms. The van der Waals surface area contributed by atoms with Gasteiger partial charge in [-0.25, -0.2) is 0 Å². The SMILES string of the molecule is Cn1ccc(CCNCc2cccn2C)n1. The van der Waals surface area contributed by atoms with Crippen LogP contribution in [0.5, 0.6) is 0 Å². The van der Waals surface area contributed by atoms with Crippen molar-refractivity contribution in [2.24, 2.45) is 14.1 Å². The molecule has 0 aromatic carbocycles. The van der Waals surface area contributed by atoms with Crippen molar-refractivity contribution in [3.8, 4) is 0 Å². The highest BCUT2D eigenvalue weighted by Crippen LogP contribution is 1.99. The van der Waals surface area contributed by atoms with Gasteiger partial charge in [-0.05, 0) is 18.2 Å². The van der Waals surface area contributed by atoms with Gasteiger partial charge in [-0.2, -0.15) is 5.10 Å². The van der Waals surface area contributed by atoms with Crippen molar-refractivity contribution in [1.82, 2.24) is 19.7 Å². The summed E-state index contributed by atoms with van der Waals surface area (Å²) in [6.07, 6.45) is 5.02. The summed E-state index contributed by atoms with van der Waals surface area (Å²) < 4.78 is 3.97. The van der Waals surface area contributed by atoms with Gasteiger partial charge in [-0.3, -0.25) is 4.68 Å². The molecule has 0 aliphatic rings. The molecule has 0 saturated heterocycles. The first-order chi connectivity index (χ1) is 7.75. The third kappa shape index (κ3) is 2.73. The number of aromatic nitrogens is 3. The molecule has 4 heteroatoms. The molecule has 2 aromatic rings. The Balaban J connectivity index is 1.71. The second-order valence-electron chi connectivity index (χ2n) is 4.02. The maximum atomic E-state index is 4.33. The van der Waals surface area contributed by atoms with Crippen LogP contribution >= 0.6 is 0 Å². The van der Waals surface area contributed by atoms with E-state index in [2.05, 4.69) is 46.4 Å². The molecule has 16 heavy (non-hydrogen) atoms. The third-order valence-electron chi connectivity index (χ3n) is 2.68. The van der Waals surface area contributed by atoms with E-state index < -0.39 is 0 Å². The largest absolute Gasteiger partial charge is 0.353 e. The first kappa shape index (κ1) is 11.0. The summed E-state index contributed by atoms with van der Waals surface area (Å²) in [4.78, 5) is 0. The van der Waals surface area contributed by atoms with Crippen LogP contribution in [0.4, 0.5) is 0 Å². The Morgan fingerprint density at radius 1 is 1.25 bits per heavy atom. The smallest absolute Gasteiger partial charge is 0.0637 e. The molecule has 2 heterocycles. The minimum atomic E-state index is 0.913. The quantitative estimate of drug-likeness (QED) is 0.762. The summed E-state index contributed by atoms with van der Waals surface area (Å²) in [5.74, 6) is 0. The molecule has 0 saturated carbocycles. The number of nitrogens with one attached hydrogen (secondary N) is 1. The van der Waals surface area contributed by atoms with Crippen LogP contribution in [0.1, 0.15) is 11.4 Å². The normalized spacial score (nSPS) is 10.9. The number of rotatable bonds is 5. The predicted octanol–water partition coefficient (Wildman–Crippen LogP) is 1.09. The number of hydrogen-bond acceptors (Lipinski definition) is 2. The fourth-order valence-corrected chi connectivity index (χ4v) is 1.71. The van der Waals surface area contributed by atoms with Crippen molar-refractivity contribution in [3.05, 3.63) is 42.0 Å². The maximum Gasteiger partial charge on any atom is 0.0637 e. The average molecular weight is 218 g/mol. The molecule has 2 aromatic heterocycles. The molecular formula is C12H18N4. The summed E-state index contributed by atoms with van der Waals surface area (Å²) in [6, 6.07) is 6.26. The van der Waals surface area contributed by atoms with Crippen molar-refractivity contribution in [2.45, 2.75) is 13.0 Å². The maximum absolute atomic E-state index is 4.33. The van der Waals surface area contributed by atoms with Crippen LogP contribution in [0.15, 0.2) is 30.6 Å². The lowest BCUT2D eigenvalue weighted by Crippen LogP contribution is -2.18. The Hall–Kier alpha value is -1.55. The second kappa shape index (κ2) is 4.99. The molecular weight excluding hydrogens is 200 g/mol. The topological polar surface area (TPSA) is 34.8 Å². The molecule has 0 fully saturated rings. The zero-order chi connectivity index (χ0) is 11.4. The Morgan fingerprint density at radius 2 is 2.12 bits per heavy atom. The van der Waals surface area contributed by atoms with E-state index in [1.54, 1.807) is 0 Å². The Labute approximate surface area is 95.9 Å². The summed E-state index contributed by atoms with van der Waals surface area (Å²) >= 11 is 0. The highest BCUT2D eigenvalue weighted by Gasteiger charge is 1.98. The Bertz CT molecular complexity index is 441. The van der Waals surface area contributed by atoms with Gasteiger partial charge < -0.3 is 9.88 Å². The molecule has 0 radical (unpaired) electrons. The minimum Gasteiger partial charge on any atom is -0.353 e. The second-order valence-corrected chi connectivity index (χ2v) is 4.02. The van der Waals surface area contributed by atoms with Crippen LogP contribution < -0.4 is 5.32 Å². The van der Waals surface area contributed by atoms with E-state index >= 15 is 0 Å². The van der Waals surface area contributed by atoms with Gasteiger partial charge >= 0.3 is 0 Å². The molecule has 4 nitrogen and oxygen atoms in total. The van der Waals surface area contributed by atoms with Crippen molar-refractivity contribution >= 4 is 0 Å². The lowest BCUT2D eigenvalue weighted by molar-refractivity contribution is 0.640. The van der Waals surface area contributed by atoms with Gasteiger partial charge in [0.15, 0.2) is 0 Å². The fourth-order valence-electron chi connectivity index (χ4n) is 1.71. The van der Waals surface area contributed by atoms with Gasteiger partial charge in [-0.1, -0.05) is 0 Å². The summed E-state index contributed by atoms with van der Waals surface area (Å²) in [7, 11) is 4.01. The molecule has 0 atom stereocenters. The highest BCUT2D eigenvalue weighted by molar-refractivity contribution is 5.06. The van der Waals surface area contributed by atoms with E-state index in [0.29, 0.717) is 0 Å². The van der Waals surface area contributed by atoms with Gasteiger partial charge in [0, 0.05) is 51.7 Å². The molecule has 86 valence electrons. The van der Waals surface area contributed by atoms with E-state index in [1.807, 2.05) is 17.9 Å². The standard InChI is InChI=1S/C12H18N4/c1-15-8-3-4-12(15)10-13-7-5-11-6-9-16(2)14-11/h3-4,6,8-9,13H,5,7,10H2,1-2H3. The summed E-state index contributed by atoms with van der Waals surface area (Å²) in [5, 5.41) is 7.75. The van der Waals surface area contributed by atoms with Gasteiger partial charge in [0.05, 0.1) is 5.69 Å². The van der Waals surface area contributed by atoms with Crippen molar-refractivity contribution in [1.29, 1.82) is 0 Å². The van der Waals surface area contributed by atoms with Gasteiger partial charge in [-0.15, -0.1) is 0 Å². The van der Waals surface area contributed by atoms with E-state index in [1.165, 1.54) is 5.69 Å². The number of aryl methyl sites for hydroxylation is 2. The van der Waals surface area contributed by atoms with Crippen molar-refractivity contribution in [2.75, 3.05) is 6.54 Å². The van der Waals surface area contributed by atoms with E-state index in [4.69, 9.17) is 0 Å².